The fourth-order valence-corrected chi connectivity index (χ4v) is 0. The minimum Gasteiger partial charge on any atom is -0.202 e. The van der Waals surface area contributed by atoms with Crippen molar-refractivity contribution in [1.82, 2.24) is 0 Å². The van der Waals surface area contributed by atoms with Crippen molar-refractivity contribution in [3.05, 3.63) is 0 Å². The predicted molar refractivity (Wildman–Crippen MR) is 18.0 cm³/mol. The van der Waals surface area contributed by atoms with E-state index in [0.29, 0.717) is 0 Å². The van der Waals surface area contributed by atoms with E-state index in [4.69, 9.17) is 10.5 Å². The first-order valence-electron chi connectivity index (χ1n) is 0.982. The lowest BCUT2D eigenvalue weighted by molar-refractivity contribution is 1.49. The van der Waals surface area contributed by atoms with E-state index in [2.05, 4.69) is 6.57 Å². The van der Waals surface area contributed by atoms with E-state index in [0.717, 1.165) is 0 Å². The van der Waals surface area contributed by atoms with E-state index in [9.17, 15) is 0 Å². The molecule has 0 aromatic rings. The van der Waals surface area contributed by atoms with Crippen molar-refractivity contribution in [2.24, 2.45) is 0 Å². The summed E-state index contributed by atoms with van der Waals surface area (Å²) < 4.78 is 0. The Kier molecular flexibility index (Phi) is 52700. The molecule has 0 saturated heterocycles. The lowest BCUT2D eigenvalue weighted by atomic mass is 11.0. The van der Waals surface area contributed by atoms with Gasteiger partial charge < -0.3 is 0 Å². The maximum atomic E-state index is 7.32. The highest BCUT2D eigenvalue weighted by Crippen LogP contribution is 1.21. The maximum Gasteiger partial charge on any atom is 0.0587 e. The topological polar surface area (TPSA) is 47.6 Å². The molecular formula is C3H4N2. The molecular weight excluding hydrogens is 64.0 g/mol. The van der Waals surface area contributed by atoms with Crippen LogP contribution in [-0.2, 0) is 0 Å². The first-order chi connectivity index (χ1) is 2.41. The van der Waals surface area contributed by atoms with E-state index < -0.39 is 0 Å². The minimum atomic E-state index is 1.43. The number of rotatable bonds is 0. The molecule has 0 heterocycles. The molecule has 5 heavy (non-hydrogen) atoms. The van der Waals surface area contributed by atoms with Gasteiger partial charge in [-0.25, -0.2) is 5.26 Å². The molecule has 0 amide bonds. The average molecular weight is 68.1 g/mol. The standard InChI is InChI=1S/C2H3N.CHN/c1-2-3;1-2/h1H3;1H. The third-order valence-corrected chi connectivity index (χ3v) is 0. The summed E-state index contributed by atoms with van der Waals surface area (Å²) in [7, 11) is 0. The lowest BCUT2D eigenvalue weighted by Gasteiger charge is -1.15. The van der Waals surface area contributed by atoms with Gasteiger partial charge in [0.15, 0.2) is 0 Å². The smallest absolute Gasteiger partial charge is 0.0587 e. The first kappa shape index (κ1) is 9.02. The van der Waals surface area contributed by atoms with Gasteiger partial charge in [0.25, 0.3) is 0 Å². The zero-order chi connectivity index (χ0) is 4.71. The summed E-state index contributed by atoms with van der Waals surface area (Å²) in [5.41, 5.74) is 0. The van der Waals surface area contributed by atoms with E-state index in [-0.39, 0.29) is 0 Å². The molecule has 0 aliphatic heterocycles. The fraction of sp³-hybridized carbons (Fsp3) is 0.333. The van der Waals surface area contributed by atoms with Crippen LogP contribution in [0, 0.1) is 23.2 Å². The van der Waals surface area contributed by atoms with E-state index in [1.807, 2.05) is 0 Å². The summed E-state index contributed by atoms with van der Waals surface area (Å²) in [6.45, 7) is 4.93. The van der Waals surface area contributed by atoms with Crippen molar-refractivity contribution in [2.45, 2.75) is 6.92 Å². The summed E-state index contributed by atoms with van der Waals surface area (Å²) >= 11 is 0. The van der Waals surface area contributed by atoms with Gasteiger partial charge in [-0.1, -0.05) is 0 Å². The van der Waals surface area contributed by atoms with Crippen LogP contribution in [0.3, 0.4) is 0 Å². The van der Waals surface area contributed by atoms with E-state index in [1.165, 1.54) is 6.92 Å². The van der Waals surface area contributed by atoms with Crippen LogP contribution in [0.2, 0.25) is 0 Å². The van der Waals surface area contributed by atoms with Gasteiger partial charge in [0.05, 0.1) is 6.07 Å². The highest BCUT2D eigenvalue weighted by atomic mass is 14.2. The van der Waals surface area contributed by atoms with Crippen LogP contribution >= 0.6 is 0 Å². The van der Waals surface area contributed by atoms with Crippen LogP contribution in [0.1, 0.15) is 6.92 Å². The summed E-state index contributed by atoms with van der Waals surface area (Å²) in [6, 6.07) is 1.75. The van der Waals surface area contributed by atoms with Gasteiger partial charge in [0, 0.05) is 13.5 Å². The molecule has 0 fully saturated rings. The van der Waals surface area contributed by atoms with Gasteiger partial charge in [-0.05, 0) is 0 Å². The molecule has 0 rings (SSSR count). The van der Waals surface area contributed by atoms with Crippen LogP contribution < -0.4 is 0 Å². The molecule has 0 aromatic heterocycles. The quantitative estimate of drug-likeness (QED) is 0.419. The molecule has 0 aliphatic rings. The van der Waals surface area contributed by atoms with Crippen molar-refractivity contribution in [3.8, 4) is 12.6 Å². The monoisotopic (exact) mass is 68.0 g/mol. The fourth-order valence-electron chi connectivity index (χ4n) is 0. The highest BCUT2D eigenvalue weighted by Gasteiger charge is 1.17. The Morgan fingerprint density at radius 1 is 1.60 bits per heavy atom. The molecule has 0 N–H and O–H groups in total. The highest BCUT2D eigenvalue weighted by molar-refractivity contribution is 4.51. The van der Waals surface area contributed by atoms with Crippen molar-refractivity contribution in [3.63, 3.8) is 0 Å². The van der Waals surface area contributed by atoms with Crippen LogP contribution in [0.25, 0.3) is 0 Å². The molecule has 2 nitrogen and oxygen atoms in total. The second kappa shape index (κ2) is 29200. The lowest BCUT2D eigenvalue weighted by Crippen LogP contribution is -1.10. The van der Waals surface area contributed by atoms with Gasteiger partial charge in [-0.15, -0.1) is 0 Å². The Balaban J connectivity index is 0. The van der Waals surface area contributed by atoms with Crippen LogP contribution in [0.15, 0.2) is 0 Å². The molecule has 0 unspecified atom stereocenters. The molecule has 0 radical (unpaired) electrons. The Hall–Kier alpha value is -1.02. The second-order valence-corrected chi connectivity index (χ2v) is 0.224. The molecule has 0 spiro atoms. The van der Waals surface area contributed by atoms with Gasteiger partial charge in [0.2, 0.25) is 0 Å². The first-order valence-corrected chi connectivity index (χ1v) is 0.982. The van der Waals surface area contributed by atoms with Crippen molar-refractivity contribution < 1.29 is 0 Å². The van der Waals surface area contributed by atoms with Gasteiger partial charge in [-0.2, -0.15) is 5.26 Å². The molecule has 2 heteroatoms. The zero-order valence-electron chi connectivity index (χ0n) is 2.97. The number of nitriles is 2. The Morgan fingerprint density at radius 2 is 1.60 bits per heavy atom. The van der Waals surface area contributed by atoms with E-state index >= 15 is 0 Å². The Labute approximate surface area is 31.3 Å². The average Bonchev–Trinajstić information content (AvgIpc) is 1.46. The second-order valence-electron chi connectivity index (χ2n) is 0.224. The van der Waals surface area contributed by atoms with Crippen LogP contribution in [0.4, 0.5) is 0 Å². The third-order valence-electron chi connectivity index (χ3n) is 0. The summed E-state index contributed by atoms with van der Waals surface area (Å²) in [5.74, 6) is 0. The van der Waals surface area contributed by atoms with Crippen LogP contribution in [0.5, 0.6) is 0 Å². The predicted octanol–water partition coefficient (Wildman–Crippen LogP) is 0.670. The van der Waals surface area contributed by atoms with Crippen molar-refractivity contribution in [1.29, 1.82) is 10.5 Å². The normalized spacial score (nSPS) is 2.00. The molecule has 26 valence electrons. The minimum absolute atomic E-state index is 1.43. The Bertz CT molecular complexity index is 47.6. The number of hydrogen-bond donors (Lipinski definition) is 0. The van der Waals surface area contributed by atoms with Crippen LogP contribution in [-0.4, -0.2) is 0 Å². The molecule has 0 aromatic carbocycles. The summed E-state index contributed by atoms with van der Waals surface area (Å²) in [5, 5.41) is 13.8. The largest absolute Gasteiger partial charge is 0.202 e. The molecule has 0 atom stereocenters. The molecule has 0 saturated carbocycles. The third kappa shape index (κ3) is 2.75. The SMILES string of the molecule is C#N.CC#N. The Morgan fingerprint density at radius 3 is 1.60 bits per heavy atom. The maximum absolute atomic E-state index is 7.32. The molecule has 0 aliphatic carbocycles. The number of hydrogen-bond acceptors (Lipinski definition) is 2. The van der Waals surface area contributed by atoms with Crippen molar-refractivity contribution in [2.75, 3.05) is 0 Å². The van der Waals surface area contributed by atoms with Gasteiger partial charge in [0.1, 0.15) is 0 Å². The van der Waals surface area contributed by atoms with Gasteiger partial charge in [-0.3, -0.25) is 0 Å². The molecule has 0 bridgehead atoms. The number of nitrogens with zero attached hydrogens (tertiary/aromatic N) is 2. The summed E-state index contributed by atoms with van der Waals surface area (Å²) in [4.78, 5) is 0. The van der Waals surface area contributed by atoms with E-state index in [1.54, 1.807) is 6.07 Å². The zero-order valence-corrected chi connectivity index (χ0v) is 2.97. The van der Waals surface area contributed by atoms with Crippen molar-refractivity contribution >= 4 is 0 Å². The summed E-state index contributed by atoms with van der Waals surface area (Å²) in [6.07, 6.45) is 0. The van der Waals surface area contributed by atoms with Gasteiger partial charge >= 0.3 is 0 Å².